The van der Waals surface area contributed by atoms with Crippen LogP contribution in [-0.4, -0.2) is 46.2 Å². The number of fused-ring (bicyclic) bond motifs is 1. The maximum absolute atomic E-state index is 7.54. The molecule has 0 aliphatic carbocycles. The average molecular weight is 206 g/mol. The number of aromatic amines is 1. The number of anilines is 1. The van der Waals surface area contributed by atoms with Crippen molar-refractivity contribution >= 4 is 17.0 Å². The molecule has 1 N–H and O–H groups in total. The fraction of sp³-hybridized carbons (Fsp3) is 0.444. The Hall–Kier alpha value is -1.69. The van der Waals surface area contributed by atoms with Crippen LogP contribution in [0.25, 0.3) is 11.2 Å². The van der Waals surface area contributed by atoms with E-state index in [1.54, 1.807) is 6.33 Å². The molecule has 6 nitrogen and oxygen atoms in total. The highest BCUT2D eigenvalue weighted by Gasteiger charge is 2.16. The van der Waals surface area contributed by atoms with Crippen LogP contribution >= 0.6 is 0 Å². The summed E-state index contributed by atoms with van der Waals surface area (Å²) < 4.78 is 12.8. The van der Waals surface area contributed by atoms with E-state index in [2.05, 4.69) is 24.8 Å². The molecule has 3 heterocycles. The van der Waals surface area contributed by atoms with E-state index >= 15 is 0 Å². The monoisotopic (exact) mass is 206 g/mol. The smallest absolute Gasteiger partial charge is 0.182 e. The lowest BCUT2D eigenvalue weighted by Crippen LogP contribution is -2.36. The molecule has 6 heteroatoms. The summed E-state index contributed by atoms with van der Waals surface area (Å²) >= 11 is 0. The van der Waals surface area contributed by atoms with Crippen molar-refractivity contribution in [3.63, 3.8) is 0 Å². The number of ether oxygens (including phenoxy) is 1. The van der Waals surface area contributed by atoms with E-state index in [-0.39, 0.29) is 6.30 Å². The number of aromatic nitrogens is 4. The summed E-state index contributed by atoms with van der Waals surface area (Å²) in [6, 6.07) is 0. The molecule has 0 radical (unpaired) electrons. The van der Waals surface area contributed by atoms with Crippen molar-refractivity contribution in [2.75, 3.05) is 31.2 Å². The van der Waals surface area contributed by atoms with Gasteiger partial charge in [0.25, 0.3) is 0 Å². The Bertz CT molecular complexity index is 508. The van der Waals surface area contributed by atoms with Crippen LogP contribution in [0.3, 0.4) is 0 Å². The number of nitrogens with zero attached hydrogens (tertiary/aromatic N) is 4. The van der Waals surface area contributed by atoms with Crippen LogP contribution in [0.4, 0.5) is 5.82 Å². The van der Waals surface area contributed by atoms with Gasteiger partial charge in [0.15, 0.2) is 11.5 Å². The average Bonchev–Trinajstić information content (AvgIpc) is 2.77. The first-order chi connectivity index (χ1) is 7.84. The van der Waals surface area contributed by atoms with Gasteiger partial charge in [0.1, 0.15) is 13.2 Å². The third kappa shape index (κ3) is 1.42. The van der Waals surface area contributed by atoms with Gasteiger partial charge < -0.3 is 14.6 Å². The van der Waals surface area contributed by atoms with E-state index in [0.29, 0.717) is 18.9 Å². The van der Waals surface area contributed by atoms with Gasteiger partial charge in [0, 0.05) is 13.1 Å². The lowest BCUT2D eigenvalue weighted by atomic mass is 10.4. The van der Waals surface area contributed by atoms with E-state index in [1.165, 1.54) is 0 Å². The van der Waals surface area contributed by atoms with Gasteiger partial charge in [0.2, 0.25) is 0 Å². The summed E-state index contributed by atoms with van der Waals surface area (Å²) in [5.74, 6) is 0.746. The number of morpholine rings is 1. The van der Waals surface area contributed by atoms with Crippen LogP contribution in [0, 0.1) is 0 Å². The van der Waals surface area contributed by atoms with Crippen LogP contribution in [0.15, 0.2) is 12.6 Å². The Kier molecular flexibility index (Phi) is 1.75. The predicted octanol–water partition coefficient (Wildman–Crippen LogP) is 0.190. The molecule has 0 saturated carbocycles. The number of imidazole rings is 1. The Balaban J connectivity index is 2.09. The number of rotatable bonds is 1. The zero-order chi connectivity index (χ0) is 11.0. The molecule has 1 fully saturated rings. The van der Waals surface area contributed by atoms with Crippen molar-refractivity contribution in [2.45, 2.75) is 0 Å². The third-order valence-electron chi connectivity index (χ3n) is 2.47. The maximum Gasteiger partial charge on any atom is 0.182 e. The van der Waals surface area contributed by atoms with E-state index in [0.717, 1.165) is 24.4 Å². The molecule has 1 aliphatic rings. The summed E-state index contributed by atoms with van der Waals surface area (Å²) in [7, 11) is 0. The molecular weight excluding hydrogens is 194 g/mol. The molecule has 0 aromatic carbocycles. The molecule has 0 atom stereocenters. The minimum absolute atomic E-state index is 0.00101. The van der Waals surface area contributed by atoms with E-state index in [9.17, 15) is 0 Å². The second kappa shape index (κ2) is 3.47. The number of H-pyrrole nitrogens is 1. The lowest BCUT2D eigenvalue weighted by Gasteiger charge is -2.27. The van der Waals surface area contributed by atoms with Gasteiger partial charge in [0.05, 0.1) is 19.5 Å². The number of nitrogens with one attached hydrogen (secondary N) is 1. The number of hydrogen-bond donors (Lipinski definition) is 1. The van der Waals surface area contributed by atoms with E-state index < -0.39 is 0 Å². The first-order valence-corrected chi connectivity index (χ1v) is 4.85. The largest absolute Gasteiger partial charge is 0.378 e. The molecule has 0 bridgehead atoms. The van der Waals surface area contributed by atoms with Crippen molar-refractivity contribution < 1.29 is 6.11 Å². The Morgan fingerprint density at radius 1 is 1.33 bits per heavy atom. The maximum atomic E-state index is 7.54. The summed E-state index contributed by atoms with van der Waals surface area (Å²) in [4.78, 5) is 17.2. The van der Waals surface area contributed by atoms with Crippen LogP contribution in [0.5, 0.6) is 0 Å². The molecule has 78 valence electrons. The fourth-order valence-corrected chi connectivity index (χ4v) is 1.72. The summed E-state index contributed by atoms with van der Waals surface area (Å²) in [6.07, 6.45) is 1.57. The molecule has 1 aliphatic heterocycles. The molecule has 0 amide bonds. The predicted molar refractivity (Wildman–Crippen MR) is 54.7 cm³/mol. The zero-order valence-corrected chi connectivity index (χ0v) is 8.10. The molecule has 0 spiro atoms. The summed E-state index contributed by atoms with van der Waals surface area (Å²) in [6.45, 7) is 2.94. The van der Waals surface area contributed by atoms with Crippen LogP contribution in [0.2, 0.25) is 0 Å². The van der Waals surface area contributed by atoms with Crippen molar-refractivity contribution in [3.8, 4) is 0 Å². The topological polar surface area (TPSA) is 66.9 Å². The van der Waals surface area contributed by atoms with Gasteiger partial charge in [-0.1, -0.05) is 0 Å². The summed E-state index contributed by atoms with van der Waals surface area (Å²) in [5, 5.41) is 0. The van der Waals surface area contributed by atoms with Gasteiger partial charge in [-0.15, -0.1) is 0 Å². The highest BCUT2D eigenvalue weighted by molar-refractivity contribution is 5.82. The van der Waals surface area contributed by atoms with E-state index in [4.69, 9.17) is 6.11 Å². The van der Waals surface area contributed by atoms with Gasteiger partial charge in [-0.3, -0.25) is 0 Å². The van der Waals surface area contributed by atoms with Crippen molar-refractivity contribution in [1.29, 1.82) is 0 Å². The molecular formula is C9H11N5O. The van der Waals surface area contributed by atoms with Gasteiger partial charge in [-0.05, 0) is 0 Å². The molecule has 1 saturated heterocycles. The fourth-order valence-electron chi connectivity index (χ4n) is 1.72. The third-order valence-corrected chi connectivity index (χ3v) is 2.47. The Morgan fingerprint density at radius 2 is 2.20 bits per heavy atom. The minimum Gasteiger partial charge on any atom is -0.378 e. The van der Waals surface area contributed by atoms with Gasteiger partial charge in [-0.25, -0.2) is 15.0 Å². The van der Waals surface area contributed by atoms with E-state index in [1.807, 2.05) is 0 Å². The highest BCUT2D eigenvalue weighted by atomic mass is 16.5. The van der Waals surface area contributed by atoms with Crippen molar-refractivity contribution in [3.05, 3.63) is 12.6 Å². The Labute approximate surface area is 87.7 Å². The minimum atomic E-state index is 0.00101. The quantitative estimate of drug-likeness (QED) is 0.721. The van der Waals surface area contributed by atoms with Crippen LogP contribution in [0.1, 0.15) is 1.37 Å². The highest BCUT2D eigenvalue weighted by Crippen LogP contribution is 2.19. The molecule has 2 aromatic heterocycles. The van der Waals surface area contributed by atoms with Crippen molar-refractivity contribution in [2.24, 2.45) is 0 Å². The molecule has 2 aromatic rings. The first-order valence-electron chi connectivity index (χ1n) is 5.35. The second-order valence-corrected chi connectivity index (χ2v) is 3.35. The normalized spacial score (nSPS) is 18.1. The van der Waals surface area contributed by atoms with Gasteiger partial charge >= 0.3 is 0 Å². The van der Waals surface area contributed by atoms with Crippen molar-refractivity contribution in [1.82, 2.24) is 19.9 Å². The SMILES string of the molecule is [2H]c1nc(N2CCOCC2)c2[nH]cnc2n1. The van der Waals surface area contributed by atoms with Gasteiger partial charge in [-0.2, -0.15) is 0 Å². The standard InChI is InChI=1S/C9H11N5O/c1-3-15-4-2-14(1)9-7-8(11-5-10-7)12-6-13-9/h5-6H,1-4H2,(H,10,11,12,13)/i6D. The van der Waals surface area contributed by atoms with Crippen LogP contribution in [-0.2, 0) is 4.74 Å². The number of hydrogen-bond acceptors (Lipinski definition) is 5. The summed E-state index contributed by atoms with van der Waals surface area (Å²) in [5.41, 5.74) is 1.33. The lowest BCUT2D eigenvalue weighted by molar-refractivity contribution is 0.122. The Morgan fingerprint density at radius 3 is 3.07 bits per heavy atom. The molecule has 3 rings (SSSR count). The molecule has 15 heavy (non-hydrogen) atoms. The first kappa shape index (κ1) is 7.58. The second-order valence-electron chi connectivity index (χ2n) is 3.35. The molecule has 0 unspecified atom stereocenters. The zero-order valence-electron chi connectivity index (χ0n) is 9.10. The van der Waals surface area contributed by atoms with Crippen LogP contribution < -0.4 is 4.90 Å².